The van der Waals surface area contributed by atoms with E-state index in [1.807, 2.05) is 19.1 Å². The number of carbonyl (C=O) groups is 1. The summed E-state index contributed by atoms with van der Waals surface area (Å²) in [6, 6.07) is 8.76. The van der Waals surface area contributed by atoms with Gasteiger partial charge in [0.25, 0.3) is 5.56 Å². The fourth-order valence-electron chi connectivity index (χ4n) is 1.80. The van der Waals surface area contributed by atoms with Gasteiger partial charge in [-0.05, 0) is 31.0 Å². The number of H-pyrrole nitrogens is 2. The molecule has 0 saturated carbocycles. The van der Waals surface area contributed by atoms with Crippen LogP contribution in [-0.4, -0.2) is 22.1 Å². The molecule has 0 saturated heterocycles. The van der Waals surface area contributed by atoms with Gasteiger partial charge in [-0.1, -0.05) is 12.1 Å². The van der Waals surface area contributed by atoms with E-state index in [2.05, 4.69) is 15.5 Å². The zero-order valence-corrected chi connectivity index (χ0v) is 11.3. The number of rotatable bonds is 5. The van der Waals surface area contributed by atoms with Crippen molar-refractivity contribution in [3.8, 4) is 11.3 Å². The highest BCUT2D eigenvalue weighted by Crippen LogP contribution is 2.18. The SMILES string of the molecule is CC(N)CCC(=O)Nc1ccc(-c2cc(=O)[nH][nH]2)cc1. The Labute approximate surface area is 116 Å². The molecular weight excluding hydrogens is 256 g/mol. The molecule has 6 heteroatoms. The van der Waals surface area contributed by atoms with E-state index >= 15 is 0 Å². The highest BCUT2D eigenvalue weighted by Gasteiger charge is 2.05. The molecule has 2 rings (SSSR count). The maximum absolute atomic E-state index is 11.7. The first-order valence-electron chi connectivity index (χ1n) is 6.48. The van der Waals surface area contributed by atoms with E-state index in [4.69, 9.17) is 5.73 Å². The first-order valence-corrected chi connectivity index (χ1v) is 6.48. The van der Waals surface area contributed by atoms with E-state index in [0.29, 0.717) is 18.5 Å². The van der Waals surface area contributed by atoms with Crippen LogP contribution in [0.15, 0.2) is 35.1 Å². The first-order chi connectivity index (χ1) is 9.54. The van der Waals surface area contributed by atoms with Gasteiger partial charge in [0, 0.05) is 24.2 Å². The van der Waals surface area contributed by atoms with Crippen LogP contribution in [0.5, 0.6) is 0 Å². The van der Waals surface area contributed by atoms with Gasteiger partial charge in [0.05, 0.1) is 5.69 Å². The molecule has 106 valence electrons. The smallest absolute Gasteiger partial charge is 0.264 e. The number of aromatic amines is 2. The molecule has 1 unspecified atom stereocenters. The normalized spacial score (nSPS) is 12.1. The number of aromatic nitrogens is 2. The summed E-state index contributed by atoms with van der Waals surface area (Å²) in [6.07, 6.45) is 1.07. The maximum Gasteiger partial charge on any atom is 0.264 e. The molecule has 1 heterocycles. The van der Waals surface area contributed by atoms with Crippen molar-refractivity contribution >= 4 is 11.6 Å². The van der Waals surface area contributed by atoms with Crippen LogP contribution in [0.25, 0.3) is 11.3 Å². The lowest BCUT2D eigenvalue weighted by molar-refractivity contribution is -0.116. The molecule has 6 nitrogen and oxygen atoms in total. The highest BCUT2D eigenvalue weighted by atomic mass is 16.1. The van der Waals surface area contributed by atoms with Crippen LogP contribution in [0.1, 0.15) is 19.8 Å². The summed E-state index contributed by atoms with van der Waals surface area (Å²) in [4.78, 5) is 22.7. The number of benzene rings is 1. The number of amides is 1. The molecule has 20 heavy (non-hydrogen) atoms. The summed E-state index contributed by atoms with van der Waals surface area (Å²) in [5, 5.41) is 8.06. The van der Waals surface area contributed by atoms with Crippen LogP contribution in [0.3, 0.4) is 0 Å². The van der Waals surface area contributed by atoms with Gasteiger partial charge >= 0.3 is 0 Å². The van der Waals surface area contributed by atoms with Gasteiger partial charge in [-0.3, -0.25) is 19.8 Å². The molecule has 1 aromatic heterocycles. The quantitative estimate of drug-likeness (QED) is 0.663. The van der Waals surface area contributed by atoms with Crippen molar-refractivity contribution in [1.29, 1.82) is 0 Å². The predicted octanol–water partition coefficient (Wildman–Crippen LogP) is 1.44. The van der Waals surface area contributed by atoms with Gasteiger partial charge in [0.15, 0.2) is 0 Å². The molecule has 0 aliphatic rings. The lowest BCUT2D eigenvalue weighted by Crippen LogP contribution is -2.19. The third kappa shape index (κ3) is 3.83. The molecule has 1 aromatic carbocycles. The molecule has 0 aliphatic heterocycles. The average Bonchev–Trinajstić information content (AvgIpc) is 2.84. The van der Waals surface area contributed by atoms with E-state index in [0.717, 1.165) is 11.3 Å². The second-order valence-corrected chi connectivity index (χ2v) is 4.81. The van der Waals surface area contributed by atoms with E-state index in [-0.39, 0.29) is 17.5 Å². The number of hydrogen-bond donors (Lipinski definition) is 4. The van der Waals surface area contributed by atoms with E-state index in [9.17, 15) is 9.59 Å². The summed E-state index contributed by atoms with van der Waals surface area (Å²) in [5.74, 6) is -0.0508. The Kier molecular flexibility index (Phi) is 4.37. The third-order valence-corrected chi connectivity index (χ3v) is 2.90. The second kappa shape index (κ2) is 6.21. The van der Waals surface area contributed by atoms with Crippen molar-refractivity contribution in [3.05, 3.63) is 40.7 Å². The van der Waals surface area contributed by atoms with Crippen molar-refractivity contribution in [2.45, 2.75) is 25.8 Å². The van der Waals surface area contributed by atoms with E-state index < -0.39 is 0 Å². The van der Waals surface area contributed by atoms with Crippen LogP contribution in [0, 0.1) is 0 Å². The summed E-state index contributed by atoms with van der Waals surface area (Å²) < 4.78 is 0. The Bertz CT molecular complexity index is 625. The minimum atomic E-state index is -0.173. The number of nitrogens with one attached hydrogen (secondary N) is 3. The topological polar surface area (TPSA) is 104 Å². The van der Waals surface area contributed by atoms with Crippen LogP contribution >= 0.6 is 0 Å². The summed E-state index contributed by atoms with van der Waals surface area (Å²) in [7, 11) is 0. The Morgan fingerprint density at radius 3 is 2.55 bits per heavy atom. The zero-order valence-electron chi connectivity index (χ0n) is 11.3. The fourth-order valence-corrected chi connectivity index (χ4v) is 1.80. The van der Waals surface area contributed by atoms with Crippen molar-refractivity contribution < 1.29 is 4.79 Å². The third-order valence-electron chi connectivity index (χ3n) is 2.90. The van der Waals surface area contributed by atoms with Gasteiger partial charge in [0.1, 0.15) is 0 Å². The Hall–Kier alpha value is -2.34. The lowest BCUT2D eigenvalue weighted by atomic mass is 10.1. The monoisotopic (exact) mass is 274 g/mol. The van der Waals surface area contributed by atoms with E-state index in [1.165, 1.54) is 6.07 Å². The predicted molar refractivity (Wildman–Crippen MR) is 78.4 cm³/mol. The Morgan fingerprint density at radius 1 is 1.30 bits per heavy atom. The number of nitrogens with two attached hydrogens (primary N) is 1. The van der Waals surface area contributed by atoms with Crippen molar-refractivity contribution in [1.82, 2.24) is 10.2 Å². The fraction of sp³-hybridized carbons (Fsp3) is 0.286. The average molecular weight is 274 g/mol. The van der Waals surface area contributed by atoms with Gasteiger partial charge in [-0.15, -0.1) is 0 Å². The second-order valence-electron chi connectivity index (χ2n) is 4.81. The van der Waals surface area contributed by atoms with Crippen LogP contribution in [-0.2, 0) is 4.79 Å². The van der Waals surface area contributed by atoms with Crippen LogP contribution < -0.4 is 16.6 Å². The molecule has 1 atom stereocenters. The molecule has 0 radical (unpaired) electrons. The first kappa shape index (κ1) is 14.1. The number of carbonyl (C=O) groups excluding carboxylic acids is 1. The minimum absolute atomic E-state index is 0.0218. The van der Waals surface area contributed by atoms with Crippen LogP contribution in [0.4, 0.5) is 5.69 Å². The van der Waals surface area contributed by atoms with Crippen molar-refractivity contribution in [2.24, 2.45) is 5.73 Å². The van der Waals surface area contributed by atoms with Crippen LogP contribution in [0.2, 0.25) is 0 Å². The standard InChI is InChI=1S/C14H18N4O2/c1-9(15)2-7-13(19)16-11-5-3-10(4-6-11)12-8-14(20)18-17-12/h3-6,8-9H,2,7,15H2,1H3,(H,16,19)(H2,17,18,20). The molecule has 5 N–H and O–H groups in total. The Balaban J connectivity index is 1.98. The largest absolute Gasteiger partial charge is 0.328 e. The maximum atomic E-state index is 11.7. The van der Waals surface area contributed by atoms with Gasteiger partial charge in [-0.25, -0.2) is 0 Å². The lowest BCUT2D eigenvalue weighted by Gasteiger charge is -2.07. The molecular formula is C14H18N4O2. The molecule has 1 amide bonds. The summed E-state index contributed by atoms with van der Waals surface area (Å²) in [6.45, 7) is 1.87. The molecule has 0 aliphatic carbocycles. The van der Waals surface area contributed by atoms with Crippen molar-refractivity contribution in [2.75, 3.05) is 5.32 Å². The summed E-state index contributed by atoms with van der Waals surface area (Å²) in [5.41, 5.74) is 7.74. The van der Waals surface area contributed by atoms with Gasteiger partial charge in [0.2, 0.25) is 5.91 Å². The molecule has 0 fully saturated rings. The zero-order chi connectivity index (χ0) is 14.5. The highest BCUT2D eigenvalue weighted by molar-refractivity contribution is 5.90. The van der Waals surface area contributed by atoms with Gasteiger partial charge < -0.3 is 11.1 Å². The Morgan fingerprint density at radius 2 is 2.00 bits per heavy atom. The summed E-state index contributed by atoms with van der Waals surface area (Å²) >= 11 is 0. The minimum Gasteiger partial charge on any atom is -0.328 e. The van der Waals surface area contributed by atoms with E-state index in [1.54, 1.807) is 12.1 Å². The molecule has 2 aromatic rings. The van der Waals surface area contributed by atoms with Crippen molar-refractivity contribution in [3.63, 3.8) is 0 Å². The molecule has 0 bridgehead atoms. The molecule has 0 spiro atoms. The number of anilines is 1. The van der Waals surface area contributed by atoms with Gasteiger partial charge in [-0.2, -0.15) is 0 Å². The number of hydrogen-bond acceptors (Lipinski definition) is 3.